The third kappa shape index (κ3) is 1.95. The highest BCUT2D eigenvalue weighted by molar-refractivity contribution is 4.70. The highest BCUT2D eigenvalue weighted by atomic mass is 16.5. The van der Waals surface area contributed by atoms with E-state index in [0.717, 1.165) is 25.7 Å². The molecule has 2 nitrogen and oxygen atoms in total. The van der Waals surface area contributed by atoms with Gasteiger partial charge in [-0.1, -0.05) is 0 Å². The first-order valence-electron chi connectivity index (χ1n) is 3.51. The van der Waals surface area contributed by atoms with Crippen LogP contribution in [-0.4, -0.2) is 19.3 Å². The molecule has 0 aromatic heterocycles. The van der Waals surface area contributed by atoms with Gasteiger partial charge in [-0.25, -0.2) is 5.11 Å². The van der Waals surface area contributed by atoms with Gasteiger partial charge in [0.25, 0.3) is 0 Å². The van der Waals surface area contributed by atoms with Crippen molar-refractivity contribution in [3.63, 3.8) is 0 Å². The van der Waals surface area contributed by atoms with E-state index in [1.807, 2.05) is 0 Å². The largest absolute Gasteiger partial charge is 0.381 e. The molecule has 0 atom stereocenters. The zero-order valence-corrected chi connectivity index (χ0v) is 5.80. The van der Waals surface area contributed by atoms with E-state index in [4.69, 9.17) is 4.74 Å². The standard InChI is InChI=1S/C7H13O2/c1-9-7-4-2-6(8)3-5-7/h6-7H,2-5H2,1H3. The predicted octanol–water partition coefficient (Wildman–Crippen LogP) is 1.37. The van der Waals surface area contributed by atoms with Crippen molar-refractivity contribution >= 4 is 0 Å². The van der Waals surface area contributed by atoms with E-state index < -0.39 is 0 Å². The summed E-state index contributed by atoms with van der Waals surface area (Å²) in [5, 5.41) is 10.8. The fraction of sp³-hybridized carbons (Fsp3) is 1.00. The fourth-order valence-corrected chi connectivity index (χ4v) is 1.27. The molecule has 0 bridgehead atoms. The average Bonchev–Trinajstić information content (AvgIpc) is 1.90. The van der Waals surface area contributed by atoms with Gasteiger partial charge in [-0.05, 0) is 25.7 Å². The summed E-state index contributed by atoms with van der Waals surface area (Å²) in [6.07, 6.45) is 3.60. The second-order valence-corrected chi connectivity index (χ2v) is 2.63. The van der Waals surface area contributed by atoms with Crippen molar-refractivity contribution in [1.29, 1.82) is 0 Å². The van der Waals surface area contributed by atoms with E-state index in [1.54, 1.807) is 7.11 Å². The predicted molar refractivity (Wildman–Crippen MR) is 33.7 cm³/mol. The van der Waals surface area contributed by atoms with E-state index >= 15 is 0 Å². The summed E-state index contributed by atoms with van der Waals surface area (Å²) in [7, 11) is 1.72. The SMILES string of the molecule is COC1CCC([O])CC1. The van der Waals surface area contributed by atoms with E-state index in [-0.39, 0.29) is 6.10 Å². The second-order valence-electron chi connectivity index (χ2n) is 2.63. The molecule has 0 spiro atoms. The first-order chi connectivity index (χ1) is 4.33. The van der Waals surface area contributed by atoms with Crippen LogP contribution in [0.4, 0.5) is 0 Å². The van der Waals surface area contributed by atoms with Gasteiger partial charge >= 0.3 is 0 Å². The lowest BCUT2D eigenvalue weighted by molar-refractivity contribution is -0.00480. The van der Waals surface area contributed by atoms with Crippen LogP contribution in [0.3, 0.4) is 0 Å². The van der Waals surface area contributed by atoms with E-state index in [2.05, 4.69) is 0 Å². The lowest BCUT2D eigenvalue weighted by Gasteiger charge is -2.22. The van der Waals surface area contributed by atoms with Crippen molar-refractivity contribution in [2.24, 2.45) is 0 Å². The van der Waals surface area contributed by atoms with Crippen LogP contribution in [0.5, 0.6) is 0 Å². The van der Waals surface area contributed by atoms with Gasteiger partial charge in [0.05, 0.1) is 12.2 Å². The molecule has 1 rings (SSSR count). The number of hydrogen-bond acceptors (Lipinski definition) is 1. The van der Waals surface area contributed by atoms with Crippen LogP contribution >= 0.6 is 0 Å². The molecule has 2 heteroatoms. The summed E-state index contributed by atoms with van der Waals surface area (Å²) < 4.78 is 5.10. The van der Waals surface area contributed by atoms with Crippen LogP contribution in [0.25, 0.3) is 0 Å². The summed E-state index contributed by atoms with van der Waals surface area (Å²) in [4.78, 5) is 0. The summed E-state index contributed by atoms with van der Waals surface area (Å²) in [5.74, 6) is 0. The molecule has 53 valence electrons. The van der Waals surface area contributed by atoms with Gasteiger partial charge in [-0.15, -0.1) is 0 Å². The summed E-state index contributed by atoms with van der Waals surface area (Å²) in [6, 6.07) is 0. The van der Waals surface area contributed by atoms with Gasteiger partial charge in [0.15, 0.2) is 0 Å². The Labute approximate surface area is 55.8 Å². The fourth-order valence-electron chi connectivity index (χ4n) is 1.27. The van der Waals surface area contributed by atoms with Gasteiger partial charge in [0.1, 0.15) is 0 Å². The molecule has 0 amide bonds. The van der Waals surface area contributed by atoms with E-state index in [9.17, 15) is 5.11 Å². The molecule has 1 fully saturated rings. The molecule has 1 aliphatic rings. The van der Waals surface area contributed by atoms with Crippen LogP contribution < -0.4 is 0 Å². The van der Waals surface area contributed by atoms with Crippen LogP contribution in [0.2, 0.25) is 0 Å². The van der Waals surface area contributed by atoms with Gasteiger partial charge in [-0.3, -0.25) is 0 Å². The monoisotopic (exact) mass is 129 g/mol. The summed E-state index contributed by atoms with van der Waals surface area (Å²) >= 11 is 0. The molecular formula is C7H13O2. The van der Waals surface area contributed by atoms with Crippen molar-refractivity contribution in [1.82, 2.24) is 0 Å². The Morgan fingerprint density at radius 1 is 1.22 bits per heavy atom. The molecule has 0 saturated heterocycles. The van der Waals surface area contributed by atoms with Crippen LogP contribution in [0, 0.1) is 0 Å². The topological polar surface area (TPSA) is 29.1 Å². The third-order valence-corrected chi connectivity index (χ3v) is 1.95. The molecule has 9 heavy (non-hydrogen) atoms. The van der Waals surface area contributed by atoms with E-state index in [0.29, 0.717) is 6.10 Å². The number of ether oxygens (including phenoxy) is 1. The Morgan fingerprint density at radius 2 is 1.78 bits per heavy atom. The van der Waals surface area contributed by atoms with Gasteiger partial charge < -0.3 is 4.74 Å². The first kappa shape index (κ1) is 7.03. The molecule has 1 saturated carbocycles. The maximum Gasteiger partial charge on any atom is 0.0932 e. The highest BCUT2D eigenvalue weighted by Gasteiger charge is 2.19. The van der Waals surface area contributed by atoms with Crippen molar-refractivity contribution in [3.05, 3.63) is 0 Å². The Morgan fingerprint density at radius 3 is 2.22 bits per heavy atom. The van der Waals surface area contributed by atoms with Crippen molar-refractivity contribution in [3.8, 4) is 0 Å². The van der Waals surface area contributed by atoms with E-state index in [1.165, 1.54) is 0 Å². The minimum Gasteiger partial charge on any atom is -0.381 e. The smallest absolute Gasteiger partial charge is 0.0932 e. The Hall–Kier alpha value is -0.0800. The summed E-state index contributed by atoms with van der Waals surface area (Å²) in [6.45, 7) is 0. The molecule has 0 heterocycles. The maximum absolute atomic E-state index is 10.8. The van der Waals surface area contributed by atoms with Crippen molar-refractivity contribution in [2.45, 2.75) is 37.9 Å². The highest BCUT2D eigenvalue weighted by Crippen LogP contribution is 2.20. The number of rotatable bonds is 1. The van der Waals surface area contributed by atoms with Crippen LogP contribution in [0.15, 0.2) is 0 Å². The second kappa shape index (κ2) is 3.18. The molecule has 0 unspecified atom stereocenters. The minimum atomic E-state index is -0.309. The van der Waals surface area contributed by atoms with Crippen molar-refractivity contribution in [2.75, 3.05) is 7.11 Å². The third-order valence-electron chi connectivity index (χ3n) is 1.95. The van der Waals surface area contributed by atoms with Crippen LogP contribution in [0.1, 0.15) is 25.7 Å². The van der Waals surface area contributed by atoms with Crippen LogP contribution in [-0.2, 0) is 9.84 Å². The Kier molecular flexibility index (Phi) is 2.49. The maximum atomic E-state index is 10.8. The molecule has 0 N–H and O–H groups in total. The van der Waals surface area contributed by atoms with Gasteiger partial charge in [0, 0.05) is 7.11 Å². The summed E-state index contributed by atoms with van der Waals surface area (Å²) in [5.41, 5.74) is 0. The van der Waals surface area contributed by atoms with Gasteiger partial charge in [-0.2, -0.15) is 0 Å². The van der Waals surface area contributed by atoms with Gasteiger partial charge in [0.2, 0.25) is 0 Å². The molecule has 1 aliphatic carbocycles. The molecule has 0 aromatic rings. The molecule has 0 aliphatic heterocycles. The number of hydrogen-bond donors (Lipinski definition) is 0. The lowest BCUT2D eigenvalue weighted by atomic mass is 9.95. The normalized spacial score (nSPS) is 36.7. The molecule has 0 aromatic carbocycles. The quantitative estimate of drug-likeness (QED) is 0.525. The Balaban J connectivity index is 2.18. The lowest BCUT2D eigenvalue weighted by Crippen LogP contribution is -2.22. The van der Waals surface area contributed by atoms with Crippen molar-refractivity contribution < 1.29 is 9.84 Å². The molecular weight excluding hydrogens is 116 g/mol. The number of methoxy groups -OCH3 is 1. The average molecular weight is 129 g/mol. The first-order valence-corrected chi connectivity index (χ1v) is 3.51. The Bertz CT molecular complexity index is 75.0. The minimum absolute atomic E-state index is 0.309. The molecule has 1 radical (unpaired) electrons. The zero-order chi connectivity index (χ0) is 6.69. The zero-order valence-electron chi connectivity index (χ0n) is 5.80.